The molecule has 2 rings (SSSR count). The van der Waals surface area contributed by atoms with E-state index in [0.29, 0.717) is 6.04 Å². The smallest absolute Gasteiger partial charge is 0.0947 e. The van der Waals surface area contributed by atoms with Crippen molar-refractivity contribution in [3.05, 3.63) is 24.2 Å². The summed E-state index contributed by atoms with van der Waals surface area (Å²) in [6.07, 6.45) is 4.66. The summed E-state index contributed by atoms with van der Waals surface area (Å²) in [7, 11) is 2.14. The molecule has 0 aliphatic carbocycles. The third-order valence-electron chi connectivity index (χ3n) is 2.89. The van der Waals surface area contributed by atoms with Crippen LogP contribution in [-0.4, -0.2) is 44.3 Å². The minimum absolute atomic E-state index is 0.514. The van der Waals surface area contributed by atoms with E-state index in [-0.39, 0.29) is 0 Å². The Morgan fingerprint density at radius 1 is 1.56 bits per heavy atom. The Balaban J connectivity index is 1.65. The van der Waals surface area contributed by atoms with Gasteiger partial charge in [-0.1, -0.05) is 0 Å². The fourth-order valence-corrected chi connectivity index (χ4v) is 1.95. The van der Waals surface area contributed by atoms with Gasteiger partial charge in [0.25, 0.3) is 0 Å². The third-order valence-corrected chi connectivity index (χ3v) is 2.89. The lowest BCUT2D eigenvalue weighted by Crippen LogP contribution is -2.42. The predicted octanol–water partition coefficient (Wildman–Crippen LogP) is 1.09. The molecular formula is C12H20N2O2. The summed E-state index contributed by atoms with van der Waals surface area (Å²) in [4.78, 5) is 2.31. The van der Waals surface area contributed by atoms with Gasteiger partial charge in [-0.2, -0.15) is 0 Å². The monoisotopic (exact) mass is 224 g/mol. The van der Waals surface area contributed by atoms with Crippen LogP contribution >= 0.6 is 0 Å². The van der Waals surface area contributed by atoms with E-state index in [0.717, 1.165) is 39.3 Å². The number of nitrogens with zero attached hydrogens (tertiary/aromatic N) is 1. The Morgan fingerprint density at radius 3 is 3.19 bits per heavy atom. The normalized spacial score (nSPS) is 21.5. The van der Waals surface area contributed by atoms with Crippen LogP contribution in [0.15, 0.2) is 23.0 Å². The maximum absolute atomic E-state index is 5.42. The molecule has 1 fully saturated rings. The first kappa shape index (κ1) is 11.6. The summed E-state index contributed by atoms with van der Waals surface area (Å²) in [5.74, 6) is 0. The molecular weight excluding hydrogens is 204 g/mol. The van der Waals surface area contributed by atoms with Crippen LogP contribution in [0.3, 0.4) is 0 Å². The quantitative estimate of drug-likeness (QED) is 0.812. The average molecular weight is 224 g/mol. The van der Waals surface area contributed by atoms with Gasteiger partial charge in [0, 0.05) is 24.7 Å². The van der Waals surface area contributed by atoms with E-state index in [1.807, 2.05) is 6.07 Å². The Bertz CT molecular complexity index is 281. The van der Waals surface area contributed by atoms with Crippen molar-refractivity contribution in [3.8, 4) is 0 Å². The van der Waals surface area contributed by atoms with E-state index in [9.17, 15) is 0 Å². The molecule has 1 aromatic rings. The van der Waals surface area contributed by atoms with Crippen molar-refractivity contribution in [2.24, 2.45) is 0 Å². The van der Waals surface area contributed by atoms with Gasteiger partial charge in [-0.05, 0) is 26.1 Å². The molecule has 4 nitrogen and oxygen atoms in total. The van der Waals surface area contributed by atoms with Crippen LogP contribution in [0.4, 0.5) is 0 Å². The van der Waals surface area contributed by atoms with Crippen molar-refractivity contribution >= 4 is 0 Å². The van der Waals surface area contributed by atoms with E-state index >= 15 is 0 Å². The van der Waals surface area contributed by atoms with Crippen molar-refractivity contribution in [2.75, 3.05) is 33.4 Å². The van der Waals surface area contributed by atoms with Crippen LogP contribution in [0.25, 0.3) is 0 Å². The van der Waals surface area contributed by atoms with E-state index < -0.39 is 0 Å². The summed E-state index contributed by atoms with van der Waals surface area (Å²) in [5.41, 5.74) is 1.23. The SMILES string of the molecule is CN(CCC1COCCN1)Cc1ccoc1. The minimum atomic E-state index is 0.514. The number of furan rings is 1. The van der Waals surface area contributed by atoms with E-state index in [1.54, 1.807) is 12.5 Å². The maximum atomic E-state index is 5.42. The molecule has 0 amide bonds. The van der Waals surface area contributed by atoms with Crippen LogP contribution in [0.2, 0.25) is 0 Å². The molecule has 0 aromatic carbocycles. The highest BCUT2D eigenvalue weighted by Gasteiger charge is 2.13. The summed E-state index contributed by atoms with van der Waals surface area (Å²) >= 11 is 0. The molecule has 1 saturated heterocycles. The topological polar surface area (TPSA) is 37.6 Å². The molecule has 2 heterocycles. The van der Waals surface area contributed by atoms with Crippen molar-refractivity contribution in [1.29, 1.82) is 0 Å². The molecule has 1 aromatic heterocycles. The van der Waals surface area contributed by atoms with Crippen LogP contribution in [0.1, 0.15) is 12.0 Å². The second kappa shape index (κ2) is 6.03. The molecule has 4 heteroatoms. The third kappa shape index (κ3) is 3.63. The van der Waals surface area contributed by atoms with Crippen molar-refractivity contribution in [3.63, 3.8) is 0 Å². The largest absolute Gasteiger partial charge is 0.472 e. The van der Waals surface area contributed by atoms with Gasteiger partial charge >= 0.3 is 0 Å². The standard InChI is InChI=1S/C12H20N2O2/c1-14(8-11-3-6-15-9-11)5-2-12-10-16-7-4-13-12/h3,6,9,12-13H,2,4-5,7-8,10H2,1H3. The number of hydrogen-bond acceptors (Lipinski definition) is 4. The zero-order valence-electron chi connectivity index (χ0n) is 9.82. The molecule has 0 bridgehead atoms. The second-order valence-electron chi connectivity index (χ2n) is 4.38. The first-order chi connectivity index (χ1) is 7.84. The zero-order chi connectivity index (χ0) is 11.2. The van der Waals surface area contributed by atoms with E-state index in [1.165, 1.54) is 5.56 Å². The molecule has 90 valence electrons. The summed E-state index contributed by atoms with van der Waals surface area (Å²) in [6, 6.07) is 2.53. The summed E-state index contributed by atoms with van der Waals surface area (Å²) < 4.78 is 10.5. The van der Waals surface area contributed by atoms with E-state index in [2.05, 4.69) is 17.3 Å². The number of ether oxygens (including phenoxy) is 1. The highest BCUT2D eigenvalue weighted by atomic mass is 16.5. The molecule has 1 atom stereocenters. The van der Waals surface area contributed by atoms with Gasteiger partial charge in [-0.25, -0.2) is 0 Å². The van der Waals surface area contributed by atoms with Gasteiger partial charge in [-0.15, -0.1) is 0 Å². The Kier molecular flexibility index (Phi) is 4.39. The van der Waals surface area contributed by atoms with Gasteiger partial charge in [0.05, 0.1) is 25.7 Å². The first-order valence-corrected chi connectivity index (χ1v) is 5.85. The average Bonchev–Trinajstić information content (AvgIpc) is 2.81. The van der Waals surface area contributed by atoms with Gasteiger partial charge < -0.3 is 19.4 Å². The van der Waals surface area contributed by atoms with Gasteiger partial charge in [-0.3, -0.25) is 0 Å². The molecule has 1 N–H and O–H groups in total. The molecule has 16 heavy (non-hydrogen) atoms. The van der Waals surface area contributed by atoms with Crippen LogP contribution in [0, 0.1) is 0 Å². The minimum Gasteiger partial charge on any atom is -0.472 e. The zero-order valence-corrected chi connectivity index (χ0v) is 9.82. The highest BCUT2D eigenvalue weighted by molar-refractivity contribution is 5.04. The summed E-state index contributed by atoms with van der Waals surface area (Å²) in [5, 5.41) is 3.46. The van der Waals surface area contributed by atoms with Gasteiger partial charge in [0.1, 0.15) is 0 Å². The number of rotatable bonds is 5. The van der Waals surface area contributed by atoms with Gasteiger partial charge in [0.15, 0.2) is 0 Å². The molecule has 1 unspecified atom stereocenters. The van der Waals surface area contributed by atoms with E-state index in [4.69, 9.17) is 9.15 Å². The number of morpholine rings is 1. The Labute approximate surface area is 96.6 Å². The fourth-order valence-electron chi connectivity index (χ4n) is 1.95. The molecule has 1 aliphatic rings. The van der Waals surface area contributed by atoms with Gasteiger partial charge in [0.2, 0.25) is 0 Å². The van der Waals surface area contributed by atoms with Crippen LogP contribution in [0.5, 0.6) is 0 Å². The lowest BCUT2D eigenvalue weighted by Gasteiger charge is -2.25. The number of hydrogen-bond donors (Lipinski definition) is 1. The maximum Gasteiger partial charge on any atom is 0.0947 e. The summed E-state index contributed by atoms with van der Waals surface area (Å²) in [6.45, 7) is 4.70. The number of nitrogens with one attached hydrogen (secondary N) is 1. The highest BCUT2D eigenvalue weighted by Crippen LogP contribution is 2.05. The Morgan fingerprint density at radius 2 is 2.50 bits per heavy atom. The Hall–Kier alpha value is -0.840. The van der Waals surface area contributed by atoms with Crippen molar-refractivity contribution < 1.29 is 9.15 Å². The fraction of sp³-hybridized carbons (Fsp3) is 0.667. The van der Waals surface area contributed by atoms with Crippen molar-refractivity contribution in [1.82, 2.24) is 10.2 Å². The lowest BCUT2D eigenvalue weighted by atomic mass is 10.2. The predicted molar refractivity (Wildman–Crippen MR) is 62.3 cm³/mol. The first-order valence-electron chi connectivity index (χ1n) is 5.85. The molecule has 0 saturated carbocycles. The van der Waals surface area contributed by atoms with Crippen LogP contribution in [-0.2, 0) is 11.3 Å². The molecule has 0 radical (unpaired) electrons. The lowest BCUT2D eigenvalue weighted by molar-refractivity contribution is 0.0708. The van der Waals surface area contributed by atoms with Crippen LogP contribution < -0.4 is 5.32 Å². The molecule has 1 aliphatic heterocycles. The molecule has 0 spiro atoms. The second-order valence-corrected chi connectivity index (χ2v) is 4.38. The van der Waals surface area contributed by atoms with Crippen molar-refractivity contribution in [2.45, 2.75) is 19.0 Å².